The standard InChI is InChI=1S/2C9H12.C6H13F/c2*1-3-9-7-5-4-6-8(9)2;1-4-5(2)6(3)7/h2*4-7H,3H2,1-2H3;5-6H,4H2,1-3H3. The van der Waals surface area contributed by atoms with Crippen molar-refractivity contribution in [1.82, 2.24) is 0 Å². The summed E-state index contributed by atoms with van der Waals surface area (Å²) in [6, 6.07) is 17.0. The van der Waals surface area contributed by atoms with E-state index in [9.17, 15) is 4.39 Å². The number of hydrogen-bond donors (Lipinski definition) is 0. The topological polar surface area (TPSA) is 0 Å². The van der Waals surface area contributed by atoms with Gasteiger partial charge in [0.2, 0.25) is 0 Å². The van der Waals surface area contributed by atoms with Crippen molar-refractivity contribution in [1.29, 1.82) is 0 Å². The maximum Gasteiger partial charge on any atom is 0.0998 e. The predicted octanol–water partition coefficient (Wildman–Crippen LogP) is 7.51. The van der Waals surface area contributed by atoms with Gasteiger partial charge in [0.1, 0.15) is 0 Å². The highest BCUT2D eigenvalue weighted by Crippen LogP contribution is 2.09. The van der Waals surface area contributed by atoms with Gasteiger partial charge in [0.15, 0.2) is 0 Å². The molecule has 2 unspecified atom stereocenters. The SMILES string of the molecule is CCC(C)C(C)F.CCc1ccccc1C.CCc1ccccc1C. The molecular weight excluding hydrogens is 307 g/mol. The van der Waals surface area contributed by atoms with Gasteiger partial charge < -0.3 is 0 Å². The van der Waals surface area contributed by atoms with Gasteiger partial charge in [0, 0.05) is 0 Å². The first-order valence-electron chi connectivity index (χ1n) is 9.60. The molecule has 0 aliphatic heterocycles. The maximum absolute atomic E-state index is 12.1. The Morgan fingerprint density at radius 3 is 1.24 bits per heavy atom. The lowest BCUT2D eigenvalue weighted by Gasteiger charge is -2.06. The molecule has 0 saturated carbocycles. The summed E-state index contributed by atoms with van der Waals surface area (Å²) in [5, 5.41) is 0. The van der Waals surface area contributed by atoms with Crippen LogP contribution in [-0.2, 0) is 12.8 Å². The Morgan fingerprint density at radius 2 is 1.08 bits per heavy atom. The summed E-state index contributed by atoms with van der Waals surface area (Å²) in [5.74, 6) is 0.236. The normalized spacial score (nSPS) is 12.2. The molecule has 2 aromatic carbocycles. The molecule has 25 heavy (non-hydrogen) atoms. The molecule has 0 aromatic heterocycles. The van der Waals surface area contributed by atoms with E-state index >= 15 is 0 Å². The molecule has 0 fully saturated rings. The van der Waals surface area contributed by atoms with Gasteiger partial charge >= 0.3 is 0 Å². The summed E-state index contributed by atoms with van der Waals surface area (Å²) >= 11 is 0. The van der Waals surface area contributed by atoms with Crippen LogP contribution in [-0.4, -0.2) is 6.17 Å². The van der Waals surface area contributed by atoms with Crippen molar-refractivity contribution in [2.45, 2.75) is 73.9 Å². The fourth-order valence-corrected chi connectivity index (χ4v) is 2.34. The first-order valence-corrected chi connectivity index (χ1v) is 9.60. The molecule has 2 atom stereocenters. The van der Waals surface area contributed by atoms with Crippen LogP contribution in [0.2, 0.25) is 0 Å². The van der Waals surface area contributed by atoms with E-state index < -0.39 is 6.17 Å². The van der Waals surface area contributed by atoms with Crippen LogP contribution in [0, 0.1) is 19.8 Å². The van der Waals surface area contributed by atoms with Crippen LogP contribution in [0.25, 0.3) is 0 Å². The van der Waals surface area contributed by atoms with Crippen LogP contribution in [0.5, 0.6) is 0 Å². The van der Waals surface area contributed by atoms with Crippen LogP contribution in [0.15, 0.2) is 48.5 Å². The molecule has 0 heterocycles. The molecule has 0 N–H and O–H groups in total. The molecule has 0 nitrogen and oxygen atoms in total. The molecule has 2 rings (SSSR count). The third-order valence-electron chi connectivity index (χ3n) is 4.71. The third kappa shape index (κ3) is 10.1. The zero-order valence-electron chi connectivity index (χ0n) is 17.3. The number of rotatable bonds is 4. The van der Waals surface area contributed by atoms with E-state index in [-0.39, 0.29) is 5.92 Å². The smallest absolute Gasteiger partial charge is 0.0998 e. The van der Waals surface area contributed by atoms with Gasteiger partial charge in [-0.15, -0.1) is 0 Å². The summed E-state index contributed by atoms with van der Waals surface area (Å²) in [7, 11) is 0. The van der Waals surface area contributed by atoms with Crippen molar-refractivity contribution in [2.24, 2.45) is 5.92 Å². The van der Waals surface area contributed by atoms with Gasteiger partial charge in [0.25, 0.3) is 0 Å². The van der Waals surface area contributed by atoms with Gasteiger partial charge in [0.05, 0.1) is 6.17 Å². The first-order chi connectivity index (χ1) is 11.9. The Morgan fingerprint density at radius 1 is 0.720 bits per heavy atom. The summed E-state index contributed by atoms with van der Waals surface area (Å²) in [6.07, 6.45) is 2.60. The number of alkyl halides is 1. The fourth-order valence-electron chi connectivity index (χ4n) is 2.34. The van der Waals surface area contributed by atoms with Gasteiger partial charge in [-0.2, -0.15) is 0 Å². The molecule has 0 radical (unpaired) electrons. The summed E-state index contributed by atoms with van der Waals surface area (Å²) in [6.45, 7) is 14.2. The Kier molecular flexibility index (Phi) is 12.7. The van der Waals surface area contributed by atoms with Crippen molar-refractivity contribution in [3.8, 4) is 0 Å². The highest BCUT2D eigenvalue weighted by atomic mass is 19.1. The number of hydrogen-bond acceptors (Lipinski definition) is 0. The van der Waals surface area contributed by atoms with Crippen molar-refractivity contribution in [3.63, 3.8) is 0 Å². The van der Waals surface area contributed by atoms with Crippen LogP contribution in [0.3, 0.4) is 0 Å². The molecule has 0 saturated heterocycles. The Labute approximate surface area is 155 Å². The summed E-state index contributed by atoms with van der Waals surface area (Å²) < 4.78 is 12.1. The predicted molar refractivity (Wildman–Crippen MR) is 111 cm³/mol. The lowest BCUT2D eigenvalue weighted by atomic mass is 10.1. The van der Waals surface area contributed by atoms with E-state index in [0.29, 0.717) is 0 Å². The number of benzene rings is 2. The monoisotopic (exact) mass is 344 g/mol. The molecule has 2 aromatic rings. The second-order valence-corrected chi connectivity index (χ2v) is 6.62. The Balaban J connectivity index is 0.000000350. The van der Waals surface area contributed by atoms with E-state index in [0.717, 1.165) is 19.3 Å². The number of halogens is 1. The van der Waals surface area contributed by atoms with E-state index in [4.69, 9.17) is 0 Å². The third-order valence-corrected chi connectivity index (χ3v) is 4.71. The van der Waals surface area contributed by atoms with Gasteiger partial charge in [-0.3, -0.25) is 0 Å². The lowest BCUT2D eigenvalue weighted by molar-refractivity contribution is 0.259. The minimum atomic E-state index is -0.634. The van der Waals surface area contributed by atoms with Crippen LogP contribution >= 0.6 is 0 Å². The molecule has 0 spiro atoms. The van der Waals surface area contributed by atoms with E-state index in [1.54, 1.807) is 6.92 Å². The van der Waals surface area contributed by atoms with Crippen molar-refractivity contribution < 1.29 is 4.39 Å². The van der Waals surface area contributed by atoms with Crippen molar-refractivity contribution in [2.75, 3.05) is 0 Å². The highest BCUT2D eigenvalue weighted by Gasteiger charge is 2.05. The van der Waals surface area contributed by atoms with Crippen LogP contribution in [0.1, 0.15) is 63.3 Å². The quantitative estimate of drug-likeness (QED) is 0.538. The van der Waals surface area contributed by atoms with Gasteiger partial charge in [-0.25, -0.2) is 4.39 Å². The van der Waals surface area contributed by atoms with E-state index in [2.05, 4.69) is 76.2 Å². The van der Waals surface area contributed by atoms with Gasteiger partial charge in [-0.05, 0) is 61.8 Å². The fraction of sp³-hybridized carbons (Fsp3) is 0.500. The Hall–Kier alpha value is -1.63. The largest absolute Gasteiger partial charge is 0.248 e. The highest BCUT2D eigenvalue weighted by molar-refractivity contribution is 5.25. The average molecular weight is 345 g/mol. The molecule has 0 aliphatic carbocycles. The maximum atomic E-state index is 12.1. The van der Waals surface area contributed by atoms with E-state index in [1.807, 2.05) is 13.8 Å². The van der Waals surface area contributed by atoms with E-state index in [1.165, 1.54) is 22.3 Å². The van der Waals surface area contributed by atoms with Crippen molar-refractivity contribution >= 4 is 0 Å². The lowest BCUT2D eigenvalue weighted by Crippen LogP contribution is -2.05. The van der Waals surface area contributed by atoms with Crippen LogP contribution in [0.4, 0.5) is 4.39 Å². The molecule has 140 valence electrons. The molecule has 0 bridgehead atoms. The minimum absolute atomic E-state index is 0.236. The van der Waals surface area contributed by atoms with Crippen molar-refractivity contribution in [3.05, 3.63) is 70.8 Å². The molecule has 1 heteroatoms. The minimum Gasteiger partial charge on any atom is -0.248 e. The average Bonchev–Trinajstić information content (AvgIpc) is 2.63. The zero-order chi connectivity index (χ0) is 19.2. The second kappa shape index (κ2) is 13.6. The molecule has 0 aliphatic rings. The van der Waals surface area contributed by atoms with Gasteiger partial charge in [-0.1, -0.05) is 82.6 Å². The zero-order valence-corrected chi connectivity index (χ0v) is 17.3. The molecular formula is C24H37F. The first kappa shape index (κ1) is 23.4. The second-order valence-electron chi connectivity index (χ2n) is 6.62. The molecule has 0 amide bonds. The summed E-state index contributed by atoms with van der Waals surface area (Å²) in [4.78, 5) is 0. The number of aryl methyl sites for hydroxylation is 4. The van der Waals surface area contributed by atoms with Crippen LogP contribution < -0.4 is 0 Å². The Bertz CT molecular complexity index is 526. The summed E-state index contributed by atoms with van der Waals surface area (Å²) in [5.41, 5.74) is 5.72.